The molecule has 2 aromatic carbocycles. The second-order valence-electron chi connectivity index (χ2n) is 4.87. The van der Waals surface area contributed by atoms with E-state index in [-0.39, 0.29) is 0 Å². The van der Waals surface area contributed by atoms with Crippen LogP contribution in [0.5, 0.6) is 5.75 Å². The number of hydrogen-bond acceptors (Lipinski definition) is 5. The number of hydrogen-bond donors (Lipinski definition) is 2. The Kier molecular flexibility index (Phi) is 4.68. The number of nitrogens with zero attached hydrogens (tertiary/aromatic N) is 3. The zero-order valence-corrected chi connectivity index (χ0v) is 14.0. The van der Waals surface area contributed by atoms with Crippen molar-refractivity contribution < 1.29 is 4.74 Å². The van der Waals surface area contributed by atoms with Gasteiger partial charge in [0.05, 0.1) is 23.8 Å². The fourth-order valence-corrected chi connectivity index (χ4v) is 2.58. The molecule has 0 bridgehead atoms. The second-order valence-corrected chi connectivity index (χ2v) is 5.67. The van der Waals surface area contributed by atoms with E-state index in [1.54, 1.807) is 7.11 Å². The van der Waals surface area contributed by atoms with Crippen molar-refractivity contribution in [2.24, 2.45) is 4.99 Å². The summed E-state index contributed by atoms with van der Waals surface area (Å²) >= 11 is 1.38. The number of H-pyrrole nitrogens is 1. The fraction of sp³-hybridized carbons (Fsp3) is 0.118. The minimum Gasteiger partial charge on any atom is -0.497 e. The summed E-state index contributed by atoms with van der Waals surface area (Å²) in [4.78, 5) is 12.2. The molecule has 0 amide bonds. The lowest BCUT2D eigenvalue weighted by atomic mass is 10.2. The third-order valence-electron chi connectivity index (χ3n) is 3.42. The van der Waals surface area contributed by atoms with Gasteiger partial charge in [0.2, 0.25) is 0 Å². The number of fused-ring (bicyclic) bond motifs is 1. The number of benzene rings is 2. The number of ether oxygens (including phenoxy) is 1. The first-order chi connectivity index (χ1) is 11.7. The maximum atomic E-state index is 8.67. The minimum absolute atomic E-state index is 0.557. The lowest BCUT2D eigenvalue weighted by molar-refractivity contribution is 0.415. The quantitative estimate of drug-likeness (QED) is 0.330. The number of methoxy groups -OCH3 is 1. The van der Waals surface area contributed by atoms with Crippen LogP contribution in [0.1, 0.15) is 0 Å². The SMILES string of the molecule is COc1ccc2nc(-c3ccc(N=C(NC#N)SC)cc3)[nH]c2c1. The topological polar surface area (TPSA) is 86.1 Å². The number of aromatic nitrogens is 2. The molecule has 120 valence electrons. The highest BCUT2D eigenvalue weighted by Gasteiger charge is 2.06. The van der Waals surface area contributed by atoms with Crippen LogP contribution in [0.25, 0.3) is 22.4 Å². The third-order valence-corrected chi connectivity index (χ3v) is 4.00. The van der Waals surface area contributed by atoms with Crippen molar-refractivity contribution in [3.63, 3.8) is 0 Å². The maximum absolute atomic E-state index is 8.67. The number of aliphatic imine (C=N–C) groups is 1. The summed E-state index contributed by atoms with van der Waals surface area (Å²) in [6, 6.07) is 13.4. The maximum Gasteiger partial charge on any atom is 0.183 e. The van der Waals surface area contributed by atoms with E-state index >= 15 is 0 Å². The van der Waals surface area contributed by atoms with Gasteiger partial charge in [0.1, 0.15) is 11.6 Å². The summed E-state index contributed by atoms with van der Waals surface area (Å²) in [6.07, 6.45) is 3.73. The largest absolute Gasteiger partial charge is 0.497 e. The van der Waals surface area contributed by atoms with Crippen LogP contribution >= 0.6 is 11.8 Å². The molecular weight excluding hydrogens is 322 g/mol. The van der Waals surface area contributed by atoms with E-state index in [0.717, 1.165) is 33.9 Å². The van der Waals surface area contributed by atoms with Crippen molar-refractivity contribution in [2.45, 2.75) is 0 Å². The Morgan fingerprint density at radius 1 is 1.29 bits per heavy atom. The molecule has 7 heteroatoms. The predicted octanol–water partition coefficient (Wildman–Crippen LogP) is 3.66. The molecule has 0 saturated carbocycles. The van der Waals surface area contributed by atoms with Crippen LogP contribution < -0.4 is 10.1 Å². The number of imidazole rings is 1. The fourth-order valence-electron chi connectivity index (χ4n) is 2.24. The molecule has 6 nitrogen and oxygen atoms in total. The van der Waals surface area contributed by atoms with Crippen molar-refractivity contribution >= 4 is 33.7 Å². The molecule has 0 fully saturated rings. The zero-order valence-electron chi connectivity index (χ0n) is 13.2. The van der Waals surface area contributed by atoms with Crippen molar-refractivity contribution in [2.75, 3.05) is 13.4 Å². The van der Waals surface area contributed by atoms with Crippen LogP contribution in [0.2, 0.25) is 0 Å². The molecular formula is C17H15N5OS. The number of nitriles is 1. The van der Waals surface area contributed by atoms with Gasteiger partial charge in [-0.2, -0.15) is 5.26 Å². The van der Waals surface area contributed by atoms with Crippen LogP contribution in [0.3, 0.4) is 0 Å². The number of amidine groups is 1. The summed E-state index contributed by atoms with van der Waals surface area (Å²) in [5.74, 6) is 1.57. The molecule has 0 atom stereocenters. The first kappa shape index (κ1) is 15.9. The molecule has 0 unspecified atom stereocenters. The van der Waals surface area contributed by atoms with Gasteiger partial charge < -0.3 is 9.72 Å². The lowest BCUT2D eigenvalue weighted by Gasteiger charge is -2.01. The van der Waals surface area contributed by atoms with Crippen molar-refractivity contribution in [1.82, 2.24) is 15.3 Å². The van der Waals surface area contributed by atoms with Gasteiger partial charge in [0, 0.05) is 11.6 Å². The Bertz CT molecular complexity index is 924. The van der Waals surface area contributed by atoms with Gasteiger partial charge in [-0.3, -0.25) is 5.32 Å². The summed E-state index contributed by atoms with van der Waals surface area (Å²) in [7, 11) is 1.64. The van der Waals surface area contributed by atoms with E-state index in [0.29, 0.717) is 5.17 Å². The number of aromatic amines is 1. The Morgan fingerprint density at radius 2 is 2.08 bits per heavy atom. The molecule has 24 heavy (non-hydrogen) atoms. The molecule has 0 saturated heterocycles. The molecule has 3 rings (SSSR count). The average molecular weight is 337 g/mol. The predicted molar refractivity (Wildman–Crippen MR) is 97.4 cm³/mol. The van der Waals surface area contributed by atoms with Gasteiger partial charge in [-0.25, -0.2) is 9.98 Å². The lowest BCUT2D eigenvalue weighted by Crippen LogP contribution is -2.12. The van der Waals surface area contributed by atoms with Crippen molar-refractivity contribution in [1.29, 1.82) is 5.26 Å². The Morgan fingerprint density at radius 3 is 2.75 bits per heavy atom. The highest BCUT2D eigenvalue weighted by atomic mass is 32.2. The van der Waals surface area contributed by atoms with Crippen LogP contribution in [0, 0.1) is 11.5 Å². The molecule has 1 heterocycles. The monoisotopic (exact) mass is 337 g/mol. The van der Waals surface area contributed by atoms with E-state index < -0.39 is 0 Å². The molecule has 0 aliphatic carbocycles. The number of nitrogens with one attached hydrogen (secondary N) is 2. The first-order valence-corrected chi connectivity index (χ1v) is 8.38. The second kappa shape index (κ2) is 7.06. The van der Waals surface area contributed by atoms with Gasteiger partial charge in [-0.1, -0.05) is 11.8 Å². The summed E-state index contributed by atoms with van der Waals surface area (Å²) in [5.41, 5.74) is 3.54. The molecule has 0 aliphatic rings. The van der Waals surface area contributed by atoms with Gasteiger partial charge in [-0.15, -0.1) is 0 Å². The van der Waals surface area contributed by atoms with E-state index in [4.69, 9.17) is 10.00 Å². The summed E-state index contributed by atoms with van der Waals surface area (Å²) in [5, 5.41) is 11.8. The Balaban J connectivity index is 1.89. The van der Waals surface area contributed by atoms with E-state index in [1.165, 1.54) is 11.8 Å². The van der Waals surface area contributed by atoms with Crippen LogP contribution in [0.4, 0.5) is 5.69 Å². The van der Waals surface area contributed by atoms with E-state index in [1.807, 2.05) is 54.9 Å². The van der Waals surface area contributed by atoms with Gasteiger partial charge in [-0.05, 0) is 42.7 Å². The van der Waals surface area contributed by atoms with Crippen LogP contribution in [-0.2, 0) is 0 Å². The molecule has 1 aromatic heterocycles. The molecule has 3 aromatic rings. The third kappa shape index (κ3) is 3.34. The smallest absolute Gasteiger partial charge is 0.183 e. The highest BCUT2D eigenvalue weighted by Crippen LogP contribution is 2.25. The van der Waals surface area contributed by atoms with Crippen molar-refractivity contribution in [3.8, 4) is 23.3 Å². The Labute approximate surface area is 143 Å². The number of rotatable bonds is 3. The molecule has 0 spiro atoms. The van der Waals surface area contributed by atoms with Crippen LogP contribution in [0.15, 0.2) is 47.5 Å². The van der Waals surface area contributed by atoms with Gasteiger partial charge in [0.15, 0.2) is 11.4 Å². The van der Waals surface area contributed by atoms with E-state index in [9.17, 15) is 0 Å². The minimum atomic E-state index is 0.557. The normalized spacial score (nSPS) is 11.3. The number of thioether (sulfide) groups is 1. The van der Waals surface area contributed by atoms with Crippen molar-refractivity contribution in [3.05, 3.63) is 42.5 Å². The Hall–Kier alpha value is -2.98. The molecule has 0 aliphatic heterocycles. The van der Waals surface area contributed by atoms with Gasteiger partial charge in [0.25, 0.3) is 0 Å². The molecule has 0 radical (unpaired) electrons. The average Bonchev–Trinajstić information content (AvgIpc) is 3.05. The summed E-state index contributed by atoms with van der Waals surface area (Å²) < 4.78 is 5.23. The molecule has 2 N–H and O–H groups in total. The highest BCUT2D eigenvalue weighted by molar-refractivity contribution is 8.13. The summed E-state index contributed by atoms with van der Waals surface area (Å²) in [6.45, 7) is 0. The van der Waals surface area contributed by atoms with Gasteiger partial charge >= 0.3 is 0 Å². The zero-order chi connectivity index (χ0) is 16.9. The standard InChI is InChI=1S/C17H15N5OS/c1-23-13-7-8-14-15(9-13)22-16(21-14)11-3-5-12(6-4-11)20-17(24-2)19-10-18/h3-9H,1-2H3,(H,19,20)(H,21,22). The first-order valence-electron chi connectivity index (χ1n) is 7.15. The van der Waals surface area contributed by atoms with Crippen LogP contribution in [-0.4, -0.2) is 28.5 Å². The van der Waals surface area contributed by atoms with E-state index in [2.05, 4.69) is 20.3 Å².